The lowest BCUT2D eigenvalue weighted by Gasteiger charge is -2.24. The van der Waals surface area contributed by atoms with Gasteiger partial charge in [0.25, 0.3) is 0 Å². The van der Waals surface area contributed by atoms with Crippen molar-refractivity contribution in [3.63, 3.8) is 0 Å². The SMILES string of the molecule is Cc1cc2c(cc1N(C)CC(O)CC(=O)O)OCO2. The number of carbonyl (C=O) groups is 1. The minimum absolute atomic E-state index is 0.212. The van der Waals surface area contributed by atoms with Crippen LogP contribution in [0.1, 0.15) is 12.0 Å². The van der Waals surface area contributed by atoms with E-state index in [4.69, 9.17) is 14.6 Å². The van der Waals surface area contributed by atoms with E-state index >= 15 is 0 Å². The van der Waals surface area contributed by atoms with Crippen molar-refractivity contribution in [2.45, 2.75) is 19.4 Å². The number of hydrogen-bond donors (Lipinski definition) is 2. The van der Waals surface area contributed by atoms with E-state index < -0.39 is 12.1 Å². The molecular formula is C13H17NO5. The Labute approximate surface area is 111 Å². The Bertz CT molecular complexity index is 488. The Hall–Kier alpha value is -1.95. The third kappa shape index (κ3) is 3.08. The van der Waals surface area contributed by atoms with Gasteiger partial charge in [-0.15, -0.1) is 0 Å². The lowest BCUT2D eigenvalue weighted by atomic mass is 10.1. The summed E-state index contributed by atoms with van der Waals surface area (Å²) >= 11 is 0. The van der Waals surface area contributed by atoms with E-state index in [9.17, 15) is 9.90 Å². The van der Waals surface area contributed by atoms with Crippen molar-refractivity contribution >= 4 is 11.7 Å². The maximum Gasteiger partial charge on any atom is 0.306 e. The van der Waals surface area contributed by atoms with Crippen LogP contribution in [0.15, 0.2) is 12.1 Å². The molecule has 0 aromatic heterocycles. The molecule has 1 aromatic rings. The molecule has 0 aliphatic carbocycles. The maximum atomic E-state index is 10.5. The molecule has 0 saturated carbocycles. The lowest BCUT2D eigenvalue weighted by molar-refractivity contribution is -0.139. The lowest BCUT2D eigenvalue weighted by Crippen LogP contribution is -2.31. The largest absolute Gasteiger partial charge is 0.481 e. The van der Waals surface area contributed by atoms with E-state index in [0.29, 0.717) is 11.5 Å². The number of aliphatic carboxylic acids is 1. The molecule has 0 bridgehead atoms. The second kappa shape index (κ2) is 5.36. The fraction of sp³-hybridized carbons (Fsp3) is 0.462. The third-order valence-electron chi connectivity index (χ3n) is 3.00. The number of fused-ring (bicyclic) bond motifs is 1. The maximum absolute atomic E-state index is 10.5. The highest BCUT2D eigenvalue weighted by molar-refractivity contribution is 5.67. The second-order valence-corrected chi connectivity index (χ2v) is 4.62. The van der Waals surface area contributed by atoms with E-state index in [-0.39, 0.29) is 19.8 Å². The molecule has 1 aliphatic rings. The molecule has 1 atom stereocenters. The molecule has 1 heterocycles. The molecule has 1 aromatic carbocycles. The molecule has 2 rings (SSSR count). The normalized spacial score (nSPS) is 14.3. The van der Waals surface area contributed by atoms with E-state index in [0.717, 1.165) is 11.3 Å². The summed E-state index contributed by atoms with van der Waals surface area (Å²) in [6, 6.07) is 3.71. The van der Waals surface area contributed by atoms with Crippen LogP contribution >= 0.6 is 0 Å². The third-order valence-corrected chi connectivity index (χ3v) is 3.00. The van der Waals surface area contributed by atoms with Crippen LogP contribution < -0.4 is 14.4 Å². The fourth-order valence-electron chi connectivity index (χ4n) is 2.12. The Balaban J connectivity index is 2.11. The van der Waals surface area contributed by atoms with E-state index in [1.807, 2.05) is 24.0 Å². The molecule has 19 heavy (non-hydrogen) atoms. The smallest absolute Gasteiger partial charge is 0.306 e. The van der Waals surface area contributed by atoms with Gasteiger partial charge in [-0.3, -0.25) is 4.79 Å². The predicted molar refractivity (Wildman–Crippen MR) is 68.8 cm³/mol. The van der Waals surface area contributed by atoms with Gasteiger partial charge in [0, 0.05) is 25.3 Å². The van der Waals surface area contributed by atoms with Crippen LogP contribution in [0, 0.1) is 6.92 Å². The molecule has 0 amide bonds. The molecule has 104 valence electrons. The van der Waals surface area contributed by atoms with Gasteiger partial charge < -0.3 is 24.6 Å². The minimum atomic E-state index is -1.01. The quantitative estimate of drug-likeness (QED) is 0.828. The number of benzene rings is 1. The number of carboxylic acid groups (broad SMARTS) is 1. The Morgan fingerprint density at radius 3 is 2.68 bits per heavy atom. The summed E-state index contributed by atoms with van der Waals surface area (Å²) in [6.45, 7) is 2.38. The van der Waals surface area contributed by atoms with Crippen LogP contribution in [0.4, 0.5) is 5.69 Å². The highest BCUT2D eigenvalue weighted by Crippen LogP contribution is 2.37. The summed E-state index contributed by atoms with van der Waals surface area (Å²) in [7, 11) is 1.80. The van der Waals surface area contributed by atoms with Gasteiger partial charge in [-0.1, -0.05) is 0 Å². The Morgan fingerprint density at radius 1 is 1.42 bits per heavy atom. The molecule has 0 radical (unpaired) electrons. The summed E-state index contributed by atoms with van der Waals surface area (Å²) in [4.78, 5) is 12.3. The zero-order valence-corrected chi connectivity index (χ0v) is 10.9. The van der Waals surface area contributed by atoms with Crippen molar-refractivity contribution in [2.24, 2.45) is 0 Å². The zero-order valence-electron chi connectivity index (χ0n) is 10.9. The molecule has 0 saturated heterocycles. The Morgan fingerprint density at radius 2 is 2.05 bits per heavy atom. The van der Waals surface area contributed by atoms with Gasteiger partial charge in [0.2, 0.25) is 6.79 Å². The van der Waals surface area contributed by atoms with Crippen LogP contribution in [0.3, 0.4) is 0 Å². The van der Waals surface area contributed by atoms with E-state index in [1.165, 1.54) is 0 Å². The molecule has 1 unspecified atom stereocenters. The number of anilines is 1. The van der Waals surface area contributed by atoms with Crippen LogP contribution in [-0.4, -0.2) is 42.7 Å². The number of carboxylic acids is 1. The number of aryl methyl sites for hydroxylation is 1. The summed E-state index contributed by atoms with van der Waals surface area (Å²) in [5, 5.41) is 18.3. The van der Waals surface area contributed by atoms with Gasteiger partial charge >= 0.3 is 5.97 Å². The average molecular weight is 267 g/mol. The number of aliphatic hydroxyl groups is 1. The van der Waals surface area contributed by atoms with Crippen LogP contribution in [0.25, 0.3) is 0 Å². The molecular weight excluding hydrogens is 250 g/mol. The van der Waals surface area contributed by atoms with Gasteiger partial charge in [0.15, 0.2) is 11.5 Å². The topological polar surface area (TPSA) is 79.2 Å². The number of likely N-dealkylation sites (N-methyl/N-ethyl adjacent to an activating group) is 1. The predicted octanol–water partition coefficient (Wildman–Crippen LogP) is 0.996. The van der Waals surface area contributed by atoms with Gasteiger partial charge in [-0.2, -0.15) is 0 Å². The summed E-state index contributed by atoms with van der Waals surface area (Å²) in [5.41, 5.74) is 1.86. The number of rotatable bonds is 5. The molecule has 6 nitrogen and oxygen atoms in total. The molecule has 0 spiro atoms. The zero-order chi connectivity index (χ0) is 14.0. The molecule has 6 heteroatoms. The highest BCUT2D eigenvalue weighted by atomic mass is 16.7. The van der Waals surface area contributed by atoms with E-state index in [2.05, 4.69) is 0 Å². The first-order valence-electron chi connectivity index (χ1n) is 5.98. The monoisotopic (exact) mass is 267 g/mol. The van der Waals surface area contributed by atoms with Crippen molar-refractivity contribution in [3.8, 4) is 11.5 Å². The van der Waals surface area contributed by atoms with Crippen molar-refractivity contribution in [3.05, 3.63) is 17.7 Å². The molecule has 2 N–H and O–H groups in total. The van der Waals surface area contributed by atoms with Crippen molar-refractivity contribution in [1.29, 1.82) is 0 Å². The summed E-state index contributed by atoms with van der Waals surface area (Å²) in [6.07, 6.45) is -1.18. The van der Waals surface area contributed by atoms with Gasteiger partial charge in [0.05, 0.1) is 12.5 Å². The van der Waals surface area contributed by atoms with Crippen LogP contribution in [-0.2, 0) is 4.79 Å². The highest BCUT2D eigenvalue weighted by Gasteiger charge is 2.19. The first-order valence-corrected chi connectivity index (χ1v) is 5.98. The minimum Gasteiger partial charge on any atom is -0.481 e. The van der Waals surface area contributed by atoms with Gasteiger partial charge in [0.1, 0.15) is 0 Å². The Kier molecular flexibility index (Phi) is 3.80. The molecule has 1 aliphatic heterocycles. The van der Waals surface area contributed by atoms with Gasteiger partial charge in [-0.25, -0.2) is 0 Å². The van der Waals surface area contributed by atoms with Gasteiger partial charge in [-0.05, 0) is 18.6 Å². The number of hydrogen-bond acceptors (Lipinski definition) is 5. The molecule has 0 fully saturated rings. The van der Waals surface area contributed by atoms with Crippen molar-refractivity contribution in [1.82, 2.24) is 0 Å². The summed E-state index contributed by atoms with van der Waals surface area (Å²) < 4.78 is 10.6. The first kappa shape index (κ1) is 13.5. The summed E-state index contributed by atoms with van der Waals surface area (Å²) in [5.74, 6) is 0.365. The number of nitrogens with zero attached hydrogens (tertiary/aromatic N) is 1. The number of aliphatic hydroxyl groups excluding tert-OH is 1. The van der Waals surface area contributed by atoms with Crippen molar-refractivity contribution in [2.75, 3.05) is 25.3 Å². The van der Waals surface area contributed by atoms with Crippen molar-refractivity contribution < 1.29 is 24.5 Å². The first-order chi connectivity index (χ1) is 8.97. The second-order valence-electron chi connectivity index (χ2n) is 4.62. The van der Waals surface area contributed by atoms with Crippen LogP contribution in [0.5, 0.6) is 11.5 Å². The fourth-order valence-corrected chi connectivity index (χ4v) is 2.12. The standard InChI is InChI=1S/C13H17NO5/c1-8-3-11-12(19-7-18-11)5-10(8)14(2)6-9(15)4-13(16)17/h3,5,9,15H,4,6-7H2,1-2H3,(H,16,17). The van der Waals surface area contributed by atoms with E-state index in [1.54, 1.807) is 7.05 Å². The van der Waals surface area contributed by atoms with Crippen LogP contribution in [0.2, 0.25) is 0 Å². The number of ether oxygens (including phenoxy) is 2. The average Bonchev–Trinajstić information content (AvgIpc) is 2.73.